The summed E-state index contributed by atoms with van der Waals surface area (Å²) >= 11 is 5.97. The summed E-state index contributed by atoms with van der Waals surface area (Å²) in [6, 6.07) is 5.32. The van der Waals surface area contributed by atoms with Crippen LogP contribution in [0.25, 0.3) is 0 Å². The topological polar surface area (TPSA) is 55.5 Å². The maximum absolute atomic E-state index is 9.93. The summed E-state index contributed by atoms with van der Waals surface area (Å²) in [6.07, 6.45) is 3.37. The number of aliphatic hydroxyl groups is 1. The molecule has 0 bridgehead atoms. The Morgan fingerprint density at radius 3 is 2.78 bits per heavy atom. The number of nitrogens with two attached hydrogens (primary N) is 1. The molecule has 2 rings (SSSR count). The highest BCUT2D eigenvalue weighted by molar-refractivity contribution is 6.30. The maximum atomic E-state index is 9.93. The Bertz CT molecular complexity index is 409. The van der Waals surface area contributed by atoms with Gasteiger partial charge < -0.3 is 15.6 Å². The fourth-order valence-corrected chi connectivity index (χ4v) is 2.54. The molecule has 3 unspecified atom stereocenters. The molecule has 1 saturated carbocycles. The van der Waals surface area contributed by atoms with E-state index in [0.717, 1.165) is 37.0 Å². The highest BCUT2D eigenvalue weighted by Gasteiger charge is 2.25. The summed E-state index contributed by atoms with van der Waals surface area (Å²) in [5.74, 6) is 0.736. The molecule has 0 heterocycles. The lowest BCUT2D eigenvalue weighted by Crippen LogP contribution is -2.35. The SMILES string of the molecule is CC(N)c1cc(Cl)ccc1OC1CCCCC1O. The van der Waals surface area contributed by atoms with E-state index in [9.17, 15) is 5.11 Å². The molecule has 3 atom stereocenters. The Morgan fingerprint density at radius 1 is 1.39 bits per heavy atom. The van der Waals surface area contributed by atoms with Crippen molar-refractivity contribution in [3.05, 3.63) is 28.8 Å². The number of ether oxygens (including phenoxy) is 1. The largest absolute Gasteiger partial charge is 0.487 e. The van der Waals surface area contributed by atoms with Crippen molar-refractivity contribution in [2.24, 2.45) is 5.73 Å². The number of aliphatic hydroxyl groups excluding tert-OH is 1. The maximum Gasteiger partial charge on any atom is 0.124 e. The molecular weight excluding hydrogens is 250 g/mol. The lowest BCUT2D eigenvalue weighted by Gasteiger charge is -2.29. The van der Waals surface area contributed by atoms with Crippen LogP contribution in [0.15, 0.2) is 18.2 Å². The monoisotopic (exact) mass is 269 g/mol. The predicted octanol–water partition coefficient (Wildman–Crippen LogP) is 3.04. The Balaban J connectivity index is 2.17. The minimum atomic E-state index is -0.379. The lowest BCUT2D eigenvalue weighted by molar-refractivity contribution is 0.00627. The summed E-state index contributed by atoms with van der Waals surface area (Å²) < 4.78 is 5.93. The van der Waals surface area contributed by atoms with E-state index in [-0.39, 0.29) is 18.2 Å². The molecule has 4 heteroatoms. The normalized spacial score (nSPS) is 25.8. The number of halogens is 1. The van der Waals surface area contributed by atoms with Crippen molar-refractivity contribution in [3.63, 3.8) is 0 Å². The Hall–Kier alpha value is -0.770. The molecule has 0 radical (unpaired) electrons. The van der Waals surface area contributed by atoms with Crippen molar-refractivity contribution < 1.29 is 9.84 Å². The van der Waals surface area contributed by atoms with E-state index in [2.05, 4.69) is 0 Å². The summed E-state index contributed by atoms with van der Waals surface area (Å²) in [5, 5.41) is 10.6. The first-order chi connectivity index (χ1) is 8.58. The van der Waals surface area contributed by atoms with Crippen molar-refractivity contribution in [3.8, 4) is 5.75 Å². The van der Waals surface area contributed by atoms with Gasteiger partial charge in [0.2, 0.25) is 0 Å². The van der Waals surface area contributed by atoms with Gasteiger partial charge in [-0.05, 0) is 44.4 Å². The van der Waals surface area contributed by atoms with E-state index in [4.69, 9.17) is 22.1 Å². The van der Waals surface area contributed by atoms with E-state index >= 15 is 0 Å². The van der Waals surface area contributed by atoms with Crippen molar-refractivity contribution >= 4 is 11.6 Å². The molecule has 3 nitrogen and oxygen atoms in total. The van der Waals surface area contributed by atoms with E-state index in [1.807, 2.05) is 19.1 Å². The van der Waals surface area contributed by atoms with Crippen LogP contribution in [0.4, 0.5) is 0 Å². The molecule has 1 fully saturated rings. The van der Waals surface area contributed by atoms with Gasteiger partial charge in [0.05, 0.1) is 6.10 Å². The van der Waals surface area contributed by atoms with E-state index in [0.29, 0.717) is 5.02 Å². The molecule has 0 aliphatic heterocycles. The van der Waals surface area contributed by atoms with Crippen LogP contribution >= 0.6 is 11.6 Å². The van der Waals surface area contributed by atoms with Crippen LogP contribution in [0.3, 0.4) is 0 Å². The van der Waals surface area contributed by atoms with Crippen LogP contribution < -0.4 is 10.5 Å². The number of benzene rings is 1. The average Bonchev–Trinajstić information content (AvgIpc) is 2.34. The third kappa shape index (κ3) is 3.16. The molecule has 0 saturated heterocycles. The van der Waals surface area contributed by atoms with Gasteiger partial charge in [-0.25, -0.2) is 0 Å². The first-order valence-electron chi connectivity index (χ1n) is 6.47. The van der Waals surface area contributed by atoms with Crippen molar-refractivity contribution in [1.29, 1.82) is 0 Å². The molecule has 1 aliphatic carbocycles. The Kier molecular flexibility index (Phi) is 4.49. The minimum absolute atomic E-state index is 0.127. The Morgan fingerprint density at radius 2 is 2.11 bits per heavy atom. The van der Waals surface area contributed by atoms with Gasteiger partial charge in [-0.3, -0.25) is 0 Å². The first kappa shape index (κ1) is 13.7. The number of hydrogen-bond acceptors (Lipinski definition) is 3. The molecule has 100 valence electrons. The minimum Gasteiger partial charge on any atom is -0.487 e. The fraction of sp³-hybridized carbons (Fsp3) is 0.571. The smallest absolute Gasteiger partial charge is 0.124 e. The molecule has 3 N–H and O–H groups in total. The van der Waals surface area contributed by atoms with Crippen LogP contribution in [-0.4, -0.2) is 17.3 Å². The molecule has 0 spiro atoms. The summed E-state index contributed by atoms with van der Waals surface area (Å²) in [7, 11) is 0. The molecule has 1 aromatic carbocycles. The second-order valence-electron chi connectivity index (χ2n) is 4.98. The average molecular weight is 270 g/mol. The quantitative estimate of drug-likeness (QED) is 0.887. The van der Waals surface area contributed by atoms with E-state index < -0.39 is 0 Å². The third-order valence-corrected chi connectivity index (χ3v) is 3.64. The summed E-state index contributed by atoms with van der Waals surface area (Å²) in [4.78, 5) is 0. The van der Waals surface area contributed by atoms with Gasteiger partial charge in [-0.1, -0.05) is 18.0 Å². The number of rotatable bonds is 3. The van der Waals surface area contributed by atoms with Crippen LogP contribution in [0.1, 0.15) is 44.2 Å². The van der Waals surface area contributed by atoms with Gasteiger partial charge >= 0.3 is 0 Å². The van der Waals surface area contributed by atoms with Gasteiger partial charge in [-0.2, -0.15) is 0 Å². The predicted molar refractivity (Wildman–Crippen MR) is 72.9 cm³/mol. The molecule has 0 amide bonds. The van der Waals surface area contributed by atoms with Gasteiger partial charge in [0.1, 0.15) is 11.9 Å². The molecule has 1 aromatic rings. The summed E-state index contributed by atoms with van der Waals surface area (Å²) in [5.41, 5.74) is 6.81. The van der Waals surface area contributed by atoms with Crippen LogP contribution in [-0.2, 0) is 0 Å². The number of hydrogen-bond donors (Lipinski definition) is 2. The van der Waals surface area contributed by atoms with E-state index in [1.54, 1.807) is 6.07 Å². The fourth-order valence-electron chi connectivity index (χ4n) is 2.36. The zero-order valence-electron chi connectivity index (χ0n) is 10.6. The molecule has 18 heavy (non-hydrogen) atoms. The molecule has 0 aromatic heterocycles. The molecular formula is C14H20ClNO2. The standard InChI is InChI=1S/C14H20ClNO2/c1-9(16)11-8-10(15)6-7-13(11)18-14-5-3-2-4-12(14)17/h6-9,12,14,17H,2-5,16H2,1H3. The van der Waals surface area contributed by atoms with Crippen molar-refractivity contribution in [1.82, 2.24) is 0 Å². The van der Waals surface area contributed by atoms with Crippen molar-refractivity contribution in [2.45, 2.75) is 50.9 Å². The second-order valence-corrected chi connectivity index (χ2v) is 5.42. The summed E-state index contributed by atoms with van der Waals surface area (Å²) in [6.45, 7) is 1.90. The van der Waals surface area contributed by atoms with Gasteiger partial charge in [0, 0.05) is 16.6 Å². The lowest BCUT2D eigenvalue weighted by atomic mass is 9.94. The zero-order chi connectivity index (χ0) is 13.1. The highest BCUT2D eigenvalue weighted by Crippen LogP contribution is 2.31. The first-order valence-corrected chi connectivity index (χ1v) is 6.85. The van der Waals surface area contributed by atoms with Crippen LogP contribution in [0, 0.1) is 0 Å². The van der Waals surface area contributed by atoms with Gasteiger partial charge in [0.25, 0.3) is 0 Å². The van der Waals surface area contributed by atoms with Crippen LogP contribution in [0.2, 0.25) is 5.02 Å². The van der Waals surface area contributed by atoms with Gasteiger partial charge in [0.15, 0.2) is 0 Å². The third-order valence-electron chi connectivity index (χ3n) is 3.41. The zero-order valence-corrected chi connectivity index (χ0v) is 11.4. The molecule has 1 aliphatic rings. The highest BCUT2D eigenvalue weighted by atomic mass is 35.5. The Labute approximate surface area is 113 Å². The van der Waals surface area contributed by atoms with Gasteiger partial charge in [-0.15, -0.1) is 0 Å². The van der Waals surface area contributed by atoms with Crippen LogP contribution in [0.5, 0.6) is 5.75 Å². The van der Waals surface area contributed by atoms with Crippen molar-refractivity contribution in [2.75, 3.05) is 0 Å². The second kappa shape index (κ2) is 5.91. The van der Waals surface area contributed by atoms with E-state index in [1.165, 1.54) is 0 Å².